The summed E-state index contributed by atoms with van der Waals surface area (Å²) in [6, 6.07) is 7.29. The van der Waals surface area contributed by atoms with E-state index in [4.69, 9.17) is 0 Å². The molecule has 0 unspecified atom stereocenters. The largest absolute Gasteiger partial charge is 0.339 e. The normalized spacial score (nSPS) is 14.8. The van der Waals surface area contributed by atoms with Crippen molar-refractivity contribution in [1.82, 2.24) is 10.2 Å². The number of urea groups is 1. The molecule has 0 spiro atoms. The Kier molecular flexibility index (Phi) is 7.76. The molecule has 0 aliphatic heterocycles. The van der Waals surface area contributed by atoms with Crippen LogP contribution in [0, 0.1) is 0 Å². The minimum absolute atomic E-state index is 0.0573. The van der Waals surface area contributed by atoms with Crippen LogP contribution < -0.4 is 10.6 Å². The van der Waals surface area contributed by atoms with Crippen LogP contribution in [0.25, 0.3) is 0 Å². The fourth-order valence-corrected chi connectivity index (χ4v) is 3.33. The molecule has 1 aromatic rings. The SMILES string of the molecule is CCCN(CCC)C(=O)c1ccc(NC(=O)NC2CCCCC2)cc1. The van der Waals surface area contributed by atoms with Crippen molar-refractivity contribution in [2.75, 3.05) is 18.4 Å². The van der Waals surface area contributed by atoms with E-state index in [1.165, 1.54) is 19.3 Å². The van der Waals surface area contributed by atoms with Crippen LogP contribution in [0.2, 0.25) is 0 Å². The standard InChI is InChI=1S/C20H31N3O2/c1-3-14-23(15-4-2)19(24)16-10-12-18(13-11-16)22-20(25)21-17-8-6-5-7-9-17/h10-13,17H,3-9,14-15H2,1-2H3,(H2,21,22,25). The van der Waals surface area contributed by atoms with Crippen LogP contribution in [0.1, 0.15) is 69.2 Å². The van der Waals surface area contributed by atoms with Crippen LogP contribution in [-0.4, -0.2) is 36.0 Å². The molecule has 3 amide bonds. The minimum Gasteiger partial charge on any atom is -0.339 e. The van der Waals surface area contributed by atoms with Gasteiger partial charge in [0.05, 0.1) is 0 Å². The maximum Gasteiger partial charge on any atom is 0.319 e. The quantitative estimate of drug-likeness (QED) is 0.769. The minimum atomic E-state index is -0.162. The Balaban J connectivity index is 1.89. The summed E-state index contributed by atoms with van der Waals surface area (Å²) in [5.41, 5.74) is 1.38. The van der Waals surface area contributed by atoms with E-state index in [1.54, 1.807) is 24.3 Å². The van der Waals surface area contributed by atoms with E-state index in [0.717, 1.165) is 38.8 Å². The van der Waals surface area contributed by atoms with Gasteiger partial charge in [0.2, 0.25) is 0 Å². The highest BCUT2D eigenvalue weighted by Gasteiger charge is 2.16. The lowest BCUT2D eigenvalue weighted by Crippen LogP contribution is -2.39. The molecule has 0 heterocycles. The van der Waals surface area contributed by atoms with Crippen LogP contribution in [-0.2, 0) is 0 Å². The third-order valence-corrected chi connectivity index (χ3v) is 4.60. The summed E-state index contributed by atoms with van der Waals surface area (Å²) in [5.74, 6) is 0.0573. The maximum atomic E-state index is 12.5. The number of amides is 3. The molecule has 0 atom stereocenters. The summed E-state index contributed by atoms with van der Waals surface area (Å²) >= 11 is 0. The first-order valence-electron chi connectivity index (χ1n) is 9.61. The molecular weight excluding hydrogens is 314 g/mol. The molecule has 25 heavy (non-hydrogen) atoms. The topological polar surface area (TPSA) is 61.4 Å². The fraction of sp³-hybridized carbons (Fsp3) is 0.600. The van der Waals surface area contributed by atoms with E-state index >= 15 is 0 Å². The molecule has 5 nitrogen and oxygen atoms in total. The highest BCUT2D eigenvalue weighted by Crippen LogP contribution is 2.18. The Morgan fingerprint density at radius 2 is 1.60 bits per heavy atom. The van der Waals surface area contributed by atoms with E-state index in [2.05, 4.69) is 24.5 Å². The number of nitrogens with one attached hydrogen (secondary N) is 2. The molecule has 1 aromatic carbocycles. The van der Waals surface area contributed by atoms with Crippen molar-refractivity contribution in [3.63, 3.8) is 0 Å². The van der Waals surface area contributed by atoms with E-state index in [-0.39, 0.29) is 18.0 Å². The van der Waals surface area contributed by atoms with Crippen LogP contribution >= 0.6 is 0 Å². The fourth-order valence-electron chi connectivity index (χ4n) is 3.33. The Labute approximate surface area is 151 Å². The van der Waals surface area contributed by atoms with Crippen LogP contribution in [0.4, 0.5) is 10.5 Å². The molecule has 2 rings (SSSR count). The first-order valence-corrected chi connectivity index (χ1v) is 9.61. The van der Waals surface area contributed by atoms with Crippen LogP contribution in [0.3, 0.4) is 0 Å². The summed E-state index contributed by atoms with van der Waals surface area (Å²) in [6.45, 7) is 5.70. The number of anilines is 1. The lowest BCUT2D eigenvalue weighted by atomic mass is 9.96. The lowest BCUT2D eigenvalue weighted by Gasteiger charge is -2.23. The Morgan fingerprint density at radius 1 is 1.00 bits per heavy atom. The van der Waals surface area contributed by atoms with Gasteiger partial charge >= 0.3 is 6.03 Å². The van der Waals surface area contributed by atoms with E-state index in [9.17, 15) is 9.59 Å². The summed E-state index contributed by atoms with van der Waals surface area (Å²) in [6.07, 6.45) is 7.67. The average molecular weight is 345 g/mol. The highest BCUT2D eigenvalue weighted by molar-refractivity contribution is 5.95. The van der Waals surface area contributed by atoms with Gasteiger partial charge in [-0.05, 0) is 49.9 Å². The number of hydrogen-bond donors (Lipinski definition) is 2. The molecule has 0 radical (unpaired) electrons. The van der Waals surface area contributed by atoms with Crippen LogP contribution in [0.5, 0.6) is 0 Å². The zero-order valence-corrected chi connectivity index (χ0v) is 15.5. The average Bonchev–Trinajstić information content (AvgIpc) is 2.62. The second kappa shape index (κ2) is 10.1. The van der Waals surface area contributed by atoms with Gasteiger partial charge in [0.15, 0.2) is 0 Å². The van der Waals surface area contributed by atoms with E-state index in [0.29, 0.717) is 11.3 Å². The second-order valence-corrected chi connectivity index (χ2v) is 6.80. The van der Waals surface area contributed by atoms with Gasteiger partial charge in [0.1, 0.15) is 0 Å². The Bertz CT molecular complexity index is 545. The highest BCUT2D eigenvalue weighted by atomic mass is 16.2. The Morgan fingerprint density at radius 3 is 2.16 bits per heavy atom. The van der Waals surface area contributed by atoms with E-state index in [1.807, 2.05) is 4.90 Å². The second-order valence-electron chi connectivity index (χ2n) is 6.80. The van der Waals surface area contributed by atoms with Crippen molar-refractivity contribution >= 4 is 17.6 Å². The third kappa shape index (κ3) is 6.07. The first-order chi connectivity index (χ1) is 12.1. The molecule has 1 fully saturated rings. The number of carbonyl (C=O) groups is 2. The van der Waals surface area contributed by atoms with Gasteiger partial charge in [-0.25, -0.2) is 4.79 Å². The van der Waals surface area contributed by atoms with Crippen molar-refractivity contribution in [1.29, 1.82) is 0 Å². The van der Waals surface area contributed by atoms with Crippen LogP contribution in [0.15, 0.2) is 24.3 Å². The summed E-state index contributed by atoms with van der Waals surface area (Å²) < 4.78 is 0. The molecule has 1 aliphatic rings. The predicted molar refractivity (Wildman–Crippen MR) is 102 cm³/mol. The maximum absolute atomic E-state index is 12.5. The molecule has 5 heteroatoms. The number of benzene rings is 1. The molecule has 2 N–H and O–H groups in total. The monoisotopic (exact) mass is 345 g/mol. The smallest absolute Gasteiger partial charge is 0.319 e. The molecule has 0 bridgehead atoms. The lowest BCUT2D eigenvalue weighted by molar-refractivity contribution is 0.0755. The zero-order valence-electron chi connectivity index (χ0n) is 15.5. The van der Waals surface area contributed by atoms with Gasteiger partial charge in [0, 0.05) is 30.4 Å². The molecule has 0 saturated heterocycles. The molecular formula is C20H31N3O2. The van der Waals surface area contributed by atoms with Crippen molar-refractivity contribution in [2.45, 2.75) is 64.8 Å². The number of hydrogen-bond acceptors (Lipinski definition) is 2. The van der Waals surface area contributed by atoms with Gasteiger partial charge in [-0.3, -0.25) is 4.79 Å². The van der Waals surface area contributed by atoms with Gasteiger partial charge in [-0.1, -0.05) is 33.1 Å². The van der Waals surface area contributed by atoms with Gasteiger partial charge < -0.3 is 15.5 Å². The van der Waals surface area contributed by atoms with Crippen molar-refractivity contribution in [3.8, 4) is 0 Å². The van der Waals surface area contributed by atoms with Crippen molar-refractivity contribution in [3.05, 3.63) is 29.8 Å². The van der Waals surface area contributed by atoms with Crippen molar-refractivity contribution in [2.24, 2.45) is 0 Å². The zero-order chi connectivity index (χ0) is 18.1. The van der Waals surface area contributed by atoms with Gasteiger partial charge in [-0.15, -0.1) is 0 Å². The third-order valence-electron chi connectivity index (χ3n) is 4.60. The molecule has 0 aromatic heterocycles. The van der Waals surface area contributed by atoms with Crippen molar-refractivity contribution < 1.29 is 9.59 Å². The van der Waals surface area contributed by atoms with Gasteiger partial charge in [-0.2, -0.15) is 0 Å². The summed E-state index contributed by atoms with van der Waals surface area (Å²) in [7, 11) is 0. The molecule has 1 saturated carbocycles. The predicted octanol–water partition coefficient (Wildman–Crippen LogP) is 4.40. The number of nitrogens with zero attached hydrogens (tertiary/aromatic N) is 1. The Hall–Kier alpha value is -2.04. The number of carbonyl (C=O) groups excluding carboxylic acids is 2. The first kappa shape index (κ1) is 19.3. The summed E-state index contributed by atoms with van der Waals surface area (Å²) in [5, 5.41) is 5.89. The summed E-state index contributed by atoms with van der Waals surface area (Å²) in [4.78, 5) is 26.5. The van der Waals surface area contributed by atoms with E-state index < -0.39 is 0 Å². The number of rotatable bonds is 7. The molecule has 1 aliphatic carbocycles. The van der Waals surface area contributed by atoms with Gasteiger partial charge in [0.25, 0.3) is 5.91 Å². The molecule has 138 valence electrons.